The van der Waals surface area contributed by atoms with Crippen LogP contribution in [-0.2, 0) is 6.54 Å². The summed E-state index contributed by atoms with van der Waals surface area (Å²) in [7, 11) is 3.29. The van der Waals surface area contributed by atoms with Crippen LogP contribution in [0.15, 0.2) is 115 Å². The molecule has 60 heavy (non-hydrogen) atoms. The number of benzene rings is 6. The molecule has 0 bridgehead atoms. The van der Waals surface area contributed by atoms with Crippen LogP contribution in [0.3, 0.4) is 0 Å². The Morgan fingerprint density at radius 3 is 1.62 bits per heavy atom. The molecule has 0 saturated heterocycles. The van der Waals surface area contributed by atoms with E-state index in [0.29, 0.717) is 11.1 Å². The second-order valence-corrected chi connectivity index (χ2v) is 15.8. The normalized spacial score (nSPS) is 11.2. The van der Waals surface area contributed by atoms with Crippen LogP contribution in [0.4, 0.5) is 0 Å². The molecule has 0 saturated carbocycles. The van der Waals surface area contributed by atoms with Crippen LogP contribution in [0.5, 0.6) is 0 Å². The number of nitrogens with zero attached hydrogens (tertiary/aromatic N) is 4. The smallest absolute Gasteiger partial charge is 0.251 e. The number of hydrogen-bond acceptors (Lipinski definition) is 4. The van der Waals surface area contributed by atoms with Gasteiger partial charge in [-0.25, -0.2) is 9.97 Å². The Balaban J connectivity index is 0.000000227. The monoisotopic (exact) mass is 798 g/mol. The fraction of sp³-hybridized carbons (Fsp3) is 0.231. The van der Waals surface area contributed by atoms with Gasteiger partial charge >= 0.3 is 0 Å². The van der Waals surface area contributed by atoms with Crippen LogP contribution in [0.25, 0.3) is 67.1 Å². The maximum atomic E-state index is 12.1. The zero-order valence-corrected chi connectivity index (χ0v) is 36.4. The van der Waals surface area contributed by atoms with Crippen molar-refractivity contribution in [2.75, 3.05) is 14.1 Å². The molecule has 0 aliphatic carbocycles. The van der Waals surface area contributed by atoms with Gasteiger partial charge in [0.05, 0.1) is 22.1 Å². The first-order chi connectivity index (χ1) is 28.8. The van der Waals surface area contributed by atoms with E-state index in [2.05, 4.69) is 154 Å². The third-order valence-electron chi connectivity index (χ3n) is 11.2. The van der Waals surface area contributed by atoms with E-state index in [1.165, 1.54) is 50.1 Å². The molecule has 8 nitrogen and oxygen atoms in total. The van der Waals surface area contributed by atoms with Crippen LogP contribution in [-0.4, -0.2) is 45.0 Å². The summed E-state index contributed by atoms with van der Waals surface area (Å²) in [5.41, 5.74) is 18.3. The number of imidazole rings is 2. The molecule has 0 unspecified atom stereocenters. The molecule has 8 rings (SSSR count). The first-order valence-corrected chi connectivity index (χ1v) is 20.7. The first-order valence-electron chi connectivity index (χ1n) is 20.7. The van der Waals surface area contributed by atoms with Gasteiger partial charge in [-0.05, 0) is 131 Å². The molecule has 308 valence electrons. The van der Waals surface area contributed by atoms with Crippen LogP contribution < -0.4 is 10.6 Å². The molecule has 0 spiro atoms. The second kappa shape index (κ2) is 17.2. The van der Waals surface area contributed by atoms with Crippen LogP contribution in [0, 0.1) is 34.6 Å². The summed E-state index contributed by atoms with van der Waals surface area (Å²) >= 11 is 0. The first kappa shape index (κ1) is 41.4. The average Bonchev–Trinajstić information content (AvgIpc) is 3.81. The highest BCUT2D eigenvalue weighted by atomic mass is 16.2. The van der Waals surface area contributed by atoms with Gasteiger partial charge < -0.3 is 19.8 Å². The molecule has 8 aromatic rings. The lowest BCUT2D eigenvalue weighted by Crippen LogP contribution is -2.17. The Morgan fingerprint density at radius 1 is 0.567 bits per heavy atom. The van der Waals surface area contributed by atoms with Crippen LogP contribution in [0.2, 0.25) is 0 Å². The minimum absolute atomic E-state index is 0. The van der Waals surface area contributed by atoms with Crippen molar-refractivity contribution in [3.63, 3.8) is 0 Å². The molecule has 2 aromatic heterocycles. The fourth-order valence-electron chi connectivity index (χ4n) is 8.57. The third kappa shape index (κ3) is 7.85. The van der Waals surface area contributed by atoms with E-state index >= 15 is 0 Å². The number of aryl methyl sites for hydroxylation is 6. The Morgan fingerprint density at radius 2 is 1.07 bits per heavy atom. The molecule has 0 radical (unpaired) electrons. The number of hydrogen-bond donors (Lipinski definition) is 2. The fourth-order valence-corrected chi connectivity index (χ4v) is 8.57. The van der Waals surface area contributed by atoms with Crippen LogP contribution >= 0.6 is 0 Å². The minimum atomic E-state index is -0.103. The summed E-state index contributed by atoms with van der Waals surface area (Å²) in [4.78, 5) is 34.2. The molecule has 0 fully saturated rings. The average molecular weight is 799 g/mol. The zero-order chi connectivity index (χ0) is 42.8. The van der Waals surface area contributed by atoms with E-state index in [0.717, 1.165) is 51.4 Å². The molecule has 0 aliphatic rings. The molecule has 2 amide bonds. The maximum absolute atomic E-state index is 12.1. The highest BCUT2D eigenvalue weighted by Gasteiger charge is 2.21. The number of fused-ring (bicyclic) bond motifs is 2. The summed E-state index contributed by atoms with van der Waals surface area (Å²) < 4.78 is 4.48. The number of amides is 2. The number of nitrogens with one attached hydrogen (secondary N) is 2. The lowest BCUT2D eigenvalue weighted by atomic mass is 9.90. The van der Waals surface area contributed by atoms with Crippen LogP contribution in [0.1, 0.15) is 78.2 Å². The maximum Gasteiger partial charge on any atom is 0.251 e. The van der Waals surface area contributed by atoms with E-state index in [9.17, 15) is 9.59 Å². The summed E-state index contributed by atoms with van der Waals surface area (Å²) in [5, 5.41) is 5.38. The summed E-state index contributed by atoms with van der Waals surface area (Å²) in [6.07, 6.45) is 0. The molecule has 0 aliphatic heterocycles. The predicted octanol–water partition coefficient (Wildman–Crippen LogP) is 12.1. The van der Waals surface area contributed by atoms with Gasteiger partial charge in [-0.3, -0.25) is 9.59 Å². The molecule has 2 heterocycles. The lowest BCUT2D eigenvalue weighted by molar-refractivity contribution is 0.0955. The minimum Gasteiger partial charge on any atom is -0.355 e. The van der Waals surface area contributed by atoms with Gasteiger partial charge in [0.25, 0.3) is 11.8 Å². The van der Waals surface area contributed by atoms with Crippen molar-refractivity contribution in [3.8, 4) is 45.0 Å². The predicted molar refractivity (Wildman–Crippen MR) is 252 cm³/mol. The quantitative estimate of drug-likeness (QED) is 0.160. The van der Waals surface area contributed by atoms with E-state index < -0.39 is 0 Å². The van der Waals surface area contributed by atoms with Gasteiger partial charge in [-0.15, -0.1) is 0 Å². The largest absolute Gasteiger partial charge is 0.355 e. The van der Waals surface area contributed by atoms with Gasteiger partial charge in [-0.1, -0.05) is 90.0 Å². The SMILES string of the molecule is CCn1c(-c2ccccc2-c2c(C)cc(C)cc2C)nc2cc(C(=O)NC)ccc21.CNC(=O)c1ccc2c(c1)nc(-c1ccccc1-c1ccc(C)cc1C)n2C(C)C.[HH].[HH]. The zero-order valence-electron chi connectivity index (χ0n) is 36.4. The standard InChI is InChI=1S/2C26H27N3O.2H2/c1-16(2)29-24-13-11-19(26(30)27-5)15-23(24)28-25(29)22-9-7-6-8-21(22)20-12-10-17(3)14-18(20)4;1-6-29-23-12-11-19(26(30)27-5)15-22(23)28-25(29)21-10-8-7-9-20(21)24-17(3)13-16(2)14-18(24)4;;/h6-16H,1-5H3,(H,27,30);7-15H,6H2,1-5H3,(H,27,30);2*1H. The van der Waals surface area contributed by atoms with Gasteiger partial charge in [0, 0.05) is 51.8 Å². The topological polar surface area (TPSA) is 93.8 Å². The van der Waals surface area contributed by atoms with Gasteiger partial charge in [-0.2, -0.15) is 0 Å². The van der Waals surface area contributed by atoms with Crippen molar-refractivity contribution in [1.29, 1.82) is 0 Å². The van der Waals surface area contributed by atoms with Crippen molar-refractivity contribution in [2.24, 2.45) is 0 Å². The van der Waals surface area contributed by atoms with Crippen molar-refractivity contribution in [3.05, 3.63) is 154 Å². The van der Waals surface area contributed by atoms with E-state index in [1.807, 2.05) is 36.4 Å². The third-order valence-corrected chi connectivity index (χ3v) is 11.2. The summed E-state index contributed by atoms with van der Waals surface area (Å²) in [6, 6.07) is 39.6. The van der Waals surface area contributed by atoms with Gasteiger partial charge in [0.2, 0.25) is 0 Å². The highest BCUT2D eigenvalue weighted by molar-refractivity contribution is 5.99. The Labute approximate surface area is 356 Å². The molecule has 0 atom stereocenters. The number of rotatable bonds is 8. The molecule has 8 heteroatoms. The van der Waals surface area contributed by atoms with Crippen molar-refractivity contribution in [2.45, 2.75) is 68.0 Å². The Bertz CT molecular complexity index is 2900. The van der Waals surface area contributed by atoms with E-state index in [4.69, 9.17) is 9.97 Å². The summed E-state index contributed by atoms with van der Waals surface area (Å²) in [6.45, 7) is 18.0. The van der Waals surface area contributed by atoms with Crippen molar-refractivity contribution in [1.82, 2.24) is 29.7 Å². The Kier molecular flexibility index (Phi) is 11.9. The number of aromatic nitrogens is 4. The second-order valence-electron chi connectivity index (χ2n) is 15.8. The summed E-state index contributed by atoms with van der Waals surface area (Å²) in [5.74, 6) is 1.64. The van der Waals surface area contributed by atoms with Gasteiger partial charge in [0.15, 0.2) is 0 Å². The van der Waals surface area contributed by atoms with E-state index in [-0.39, 0.29) is 20.7 Å². The van der Waals surface area contributed by atoms with Gasteiger partial charge in [0.1, 0.15) is 11.6 Å². The number of carbonyl (C=O) groups is 2. The molecular formula is C52H58N6O2. The molecule has 6 aromatic carbocycles. The molecule has 2 N–H and O–H groups in total. The number of carbonyl (C=O) groups excluding carboxylic acids is 2. The van der Waals surface area contributed by atoms with Crippen molar-refractivity contribution >= 4 is 33.9 Å². The molecular weight excluding hydrogens is 741 g/mol. The Hall–Kier alpha value is -6.80. The van der Waals surface area contributed by atoms with Crippen molar-refractivity contribution < 1.29 is 12.4 Å². The lowest BCUT2D eigenvalue weighted by Gasteiger charge is -2.17. The van der Waals surface area contributed by atoms with E-state index in [1.54, 1.807) is 14.1 Å². The highest BCUT2D eigenvalue weighted by Crippen LogP contribution is 2.39.